The molecule has 1 saturated heterocycles. The van der Waals surface area contributed by atoms with Gasteiger partial charge in [0.1, 0.15) is 11.6 Å². The number of aliphatic imine (C=N–C) groups is 1. The first-order chi connectivity index (χ1) is 9.10. The van der Waals surface area contributed by atoms with Crippen molar-refractivity contribution in [2.75, 3.05) is 19.5 Å². The zero-order valence-electron chi connectivity index (χ0n) is 11.5. The minimum Gasteiger partial charge on any atom is -0.497 e. The number of amidine groups is 1. The van der Waals surface area contributed by atoms with E-state index < -0.39 is 0 Å². The summed E-state index contributed by atoms with van der Waals surface area (Å²) in [5, 5.41) is 2.75. The van der Waals surface area contributed by atoms with E-state index in [-0.39, 0.29) is 6.03 Å². The predicted molar refractivity (Wildman–Crippen MR) is 75.9 cm³/mol. The number of hydrogen-bond donors (Lipinski definition) is 1. The number of nitrogens with one attached hydrogen (secondary N) is 1. The van der Waals surface area contributed by atoms with Crippen LogP contribution in [0.2, 0.25) is 0 Å². The lowest BCUT2D eigenvalue weighted by atomic mass is 10.2. The van der Waals surface area contributed by atoms with Gasteiger partial charge in [-0.15, -0.1) is 0 Å². The van der Waals surface area contributed by atoms with Gasteiger partial charge in [0.2, 0.25) is 0 Å². The van der Waals surface area contributed by atoms with Crippen LogP contribution in [0.4, 0.5) is 10.5 Å². The van der Waals surface area contributed by atoms with Gasteiger partial charge in [0.15, 0.2) is 0 Å². The van der Waals surface area contributed by atoms with Crippen molar-refractivity contribution >= 4 is 17.6 Å². The Hall–Kier alpha value is -2.04. The van der Waals surface area contributed by atoms with Gasteiger partial charge in [-0.05, 0) is 25.5 Å². The van der Waals surface area contributed by atoms with Gasteiger partial charge in [0.25, 0.3) is 0 Å². The number of urea groups is 1. The number of likely N-dealkylation sites (tertiary alicyclic amines) is 1. The van der Waals surface area contributed by atoms with Crippen LogP contribution in [0.5, 0.6) is 5.75 Å². The predicted octanol–water partition coefficient (Wildman–Crippen LogP) is 2.74. The van der Waals surface area contributed by atoms with Crippen LogP contribution < -0.4 is 10.1 Å². The van der Waals surface area contributed by atoms with Crippen molar-refractivity contribution < 1.29 is 9.53 Å². The number of rotatable bonds is 2. The second kappa shape index (κ2) is 5.73. The Morgan fingerprint density at radius 1 is 1.53 bits per heavy atom. The summed E-state index contributed by atoms with van der Waals surface area (Å²) in [6.45, 7) is 2.13. The van der Waals surface area contributed by atoms with Crippen LogP contribution in [-0.4, -0.2) is 37.0 Å². The second-order valence-corrected chi connectivity index (χ2v) is 4.69. The molecular formula is C14H19N3O2. The largest absolute Gasteiger partial charge is 0.497 e. The van der Waals surface area contributed by atoms with Gasteiger partial charge < -0.3 is 15.0 Å². The highest BCUT2D eigenvalue weighted by Gasteiger charge is 2.22. The van der Waals surface area contributed by atoms with Crippen LogP contribution in [0.3, 0.4) is 0 Å². The van der Waals surface area contributed by atoms with E-state index in [9.17, 15) is 4.79 Å². The molecule has 0 bridgehead atoms. The van der Waals surface area contributed by atoms with Gasteiger partial charge in [-0.2, -0.15) is 4.99 Å². The third-order valence-corrected chi connectivity index (χ3v) is 3.41. The number of carbonyl (C=O) groups excluding carboxylic acids is 1. The highest BCUT2D eigenvalue weighted by Crippen LogP contribution is 2.19. The lowest BCUT2D eigenvalue weighted by Gasteiger charge is -2.17. The summed E-state index contributed by atoms with van der Waals surface area (Å²) in [7, 11) is 3.56. The van der Waals surface area contributed by atoms with E-state index in [0.29, 0.717) is 17.5 Å². The Morgan fingerprint density at radius 2 is 2.32 bits per heavy atom. The summed E-state index contributed by atoms with van der Waals surface area (Å²) in [6, 6.07) is 7.33. The van der Waals surface area contributed by atoms with Gasteiger partial charge in [0, 0.05) is 31.3 Å². The summed E-state index contributed by atoms with van der Waals surface area (Å²) < 4.78 is 5.11. The Labute approximate surface area is 113 Å². The molecule has 5 nitrogen and oxygen atoms in total. The van der Waals surface area contributed by atoms with Crippen molar-refractivity contribution in [3.8, 4) is 5.75 Å². The van der Waals surface area contributed by atoms with Crippen LogP contribution in [0.1, 0.15) is 19.8 Å². The van der Waals surface area contributed by atoms with E-state index in [0.717, 1.165) is 18.7 Å². The lowest BCUT2D eigenvalue weighted by molar-refractivity contribution is 0.259. The fourth-order valence-corrected chi connectivity index (χ4v) is 2.07. The molecule has 2 rings (SSSR count). The van der Waals surface area contributed by atoms with Gasteiger partial charge in [0.05, 0.1) is 7.11 Å². The van der Waals surface area contributed by atoms with Crippen LogP contribution in [0, 0.1) is 0 Å². The highest BCUT2D eigenvalue weighted by molar-refractivity contribution is 6.00. The molecule has 1 aromatic carbocycles. The van der Waals surface area contributed by atoms with Crippen molar-refractivity contribution in [2.24, 2.45) is 4.99 Å². The molecule has 102 valence electrons. The van der Waals surface area contributed by atoms with Crippen molar-refractivity contribution in [3.05, 3.63) is 24.3 Å². The summed E-state index contributed by atoms with van der Waals surface area (Å²) in [5.41, 5.74) is 0.683. The smallest absolute Gasteiger partial charge is 0.347 e. The minimum absolute atomic E-state index is 0.343. The maximum Gasteiger partial charge on any atom is 0.347 e. The van der Waals surface area contributed by atoms with E-state index in [2.05, 4.69) is 17.2 Å². The third-order valence-electron chi connectivity index (χ3n) is 3.41. The minimum atomic E-state index is -0.343. The maximum atomic E-state index is 11.9. The first-order valence-electron chi connectivity index (χ1n) is 6.35. The Balaban J connectivity index is 2.03. The number of carbonyl (C=O) groups is 1. The Kier molecular flexibility index (Phi) is 4.04. The van der Waals surface area contributed by atoms with Crippen molar-refractivity contribution in [2.45, 2.75) is 25.8 Å². The Bertz CT molecular complexity index is 499. The van der Waals surface area contributed by atoms with E-state index in [1.54, 1.807) is 13.2 Å². The molecule has 1 fully saturated rings. The number of ether oxygens (including phenoxy) is 1. The molecule has 0 radical (unpaired) electrons. The van der Waals surface area contributed by atoms with E-state index in [4.69, 9.17) is 4.74 Å². The maximum absolute atomic E-state index is 11.9. The molecule has 0 aromatic heterocycles. The molecule has 1 atom stereocenters. The average Bonchev–Trinajstić information content (AvgIpc) is 2.71. The van der Waals surface area contributed by atoms with Crippen LogP contribution in [-0.2, 0) is 0 Å². The molecule has 0 spiro atoms. The normalized spacial score (nSPS) is 20.7. The topological polar surface area (TPSA) is 53.9 Å². The summed E-state index contributed by atoms with van der Waals surface area (Å²) in [4.78, 5) is 18.0. The van der Waals surface area contributed by atoms with Gasteiger partial charge in [-0.25, -0.2) is 4.79 Å². The van der Waals surface area contributed by atoms with Gasteiger partial charge >= 0.3 is 6.03 Å². The monoisotopic (exact) mass is 261 g/mol. The fraction of sp³-hybridized carbons (Fsp3) is 0.429. The van der Waals surface area contributed by atoms with Gasteiger partial charge in [-0.1, -0.05) is 6.07 Å². The number of benzene rings is 1. The molecule has 1 N–H and O–H groups in total. The standard InChI is InChI=1S/C14H19N3O2/c1-10-7-8-13(17(10)2)16-14(18)15-11-5-4-6-12(9-11)19-3/h4-6,9-10H,7-8H2,1-3H3,(H,15,18). The number of nitrogens with zero attached hydrogens (tertiary/aromatic N) is 2. The molecule has 1 aliphatic rings. The molecule has 19 heavy (non-hydrogen) atoms. The van der Waals surface area contributed by atoms with Crippen LogP contribution >= 0.6 is 0 Å². The molecular weight excluding hydrogens is 242 g/mol. The second-order valence-electron chi connectivity index (χ2n) is 4.69. The van der Waals surface area contributed by atoms with Crippen molar-refractivity contribution in [1.82, 2.24) is 4.90 Å². The summed E-state index contributed by atoms with van der Waals surface area (Å²) in [6.07, 6.45) is 1.89. The van der Waals surface area contributed by atoms with Crippen LogP contribution in [0.25, 0.3) is 0 Å². The quantitative estimate of drug-likeness (QED) is 0.890. The lowest BCUT2D eigenvalue weighted by Crippen LogP contribution is -2.27. The summed E-state index contributed by atoms with van der Waals surface area (Å²) >= 11 is 0. The Morgan fingerprint density at radius 3 is 2.95 bits per heavy atom. The van der Waals surface area contributed by atoms with E-state index in [1.807, 2.05) is 30.1 Å². The molecule has 0 aliphatic carbocycles. The van der Waals surface area contributed by atoms with Crippen molar-refractivity contribution in [3.63, 3.8) is 0 Å². The number of methoxy groups -OCH3 is 1. The summed E-state index contributed by atoms with van der Waals surface area (Å²) in [5.74, 6) is 1.55. The highest BCUT2D eigenvalue weighted by atomic mass is 16.5. The van der Waals surface area contributed by atoms with Crippen LogP contribution in [0.15, 0.2) is 29.3 Å². The third kappa shape index (κ3) is 3.24. The molecule has 1 aliphatic heterocycles. The molecule has 1 heterocycles. The van der Waals surface area contributed by atoms with E-state index >= 15 is 0 Å². The first-order valence-corrected chi connectivity index (χ1v) is 6.35. The first kappa shape index (κ1) is 13.4. The molecule has 1 aromatic rings. The zero-order chi connectivity index (χ0) is 13.8. The fourth-order valence-electron chi connectivity index (χ4n) is 2.07. The average molecular weight is 261 g/mol. The molecule has 0 saturated carbocycles. The molecule has 2 amide bonds. The van der Waals surface area contributed by atoms with E-state index in [1.165, 1.54) is 0 Å². The zero-order valence-corrected chi connectivity index (χ0v) is 11.5. The number of amides is 2. The SMILES string of the molecule is COc1cccc(NC(=O)N=C2CCC(C)N2C)c1. The number of hydrogen-bond acceptors (Lipinski definition) is 2. The number of anilines is 1. The van der Waals surface area contributed by atoms with Crippen molar-refractivity contribution in [1.29, 1.82) is 0 Å². The van der Waals surface area contributed by atoms with Gasteiger partial charge in [-0.3, -0.25) is 0 Å². The molecule has 5 heteroatoms. The molecule has 1 unspecified atom stereocenters.